The van der Waals surface area contributed by atoms with Crippen LogP contribution in [0.2, 0.25) is 0 Å². The van der Waals surface area contributed by atoms with Gasteiger partial charge in [-0.3, -0.25) is 9.69 Å². The first-order valence-electron chi connectivity index (χ1n) is 10.0. The van der Waals surface area contributed by atoms with Crippen LogP contribution in [0.3, 0.4) is 0 Å². The number of β-amino-alcohol motifs (C(OH)–C–C–N with tert-alkyl or cyclic N) is 1. The topological polar surface area (TPSA) is 59.9 Å². The summed E-state index contributed by atoms with van der Waals surface area (Å²) in [7, 11) is 0. The van der Waals surface area contributed by atoms with Gasteiger partial charge in [-0.25, -0.2) is 4.98 Å². The maximum absolute atomic E-state index is 11.9. The SMILES string of the molecule is CC(=O)N1c2ccc([C@@H](O)CN3CCN(c4ccccn4)CC3)cc2C[C@@H]1C. The predicted octanol–water partition coefficient (Wildman–Crippen LogP) is 2.23. The number of hydrogen-bond donors (Lipinski definition) is 1. The van der Waals surface area contributed by atoms with E-state index in [2.05, 4.69) is 27.8 Å². The number of aliphatic hydroxyl groups is 1. The Bertz CT molecular complexity index is 834. The van der Waals surface area contributed by atoms with Gasteiger partial charge in [-0.15, -0.1) is 0 Å². The Hall–Kier alpha value is -2.44. The van der Waals surface area contributed by atoms with E-state index in [1.54, 1.807) is 6.92 Å². The fourth-order valence-electron chi connectivity index (χ4n) is 4.39. The van der Waals surface area contributed by atoms with Gasteiger partial charge < -0.3 is 14.9 Å². The van der Waals surface area contributed by atoms with E-state index in [1.807, 2.05) is 41.4 Å². The molecule has 4 rings (SSSR count). The Labute approximate surface area is 166 Å². The number of carbonyl (C=O) groups is 1. The lowest BCUT2D eigenvalue weighted by molar-refractivity contribution is -0.116. The van der Waals surface area contributed by atoms with Crippen molar-refractivity contribution >= 4 is 17.4 Å². The molecule has 2 aliphatic rings. The normalized spacial score (nSPS) is 20.9. The second-order valence-electron chi connectivity index (χ2n) is 7.82. The van der Waals surface area contributed by atoms with Crippen LogP contribution in [0.1, 0.15) is 31.1 Å². The molecule has 1 saturated heterocycles. The zero-order valence-corrected chi connectivity index (χ0v) is 16.6. The number of nitrogens with zero attached hydrogens (tertiary/aromatic N) is 4. The molecular weight excluding hydrogens is 352 g/mol. The fourth-order valence-corrected chi connectivity index (χ4v) is 4.39. The molecule has 6 heteroatoms. The van der Waals surface area contributed by atoms with Crippen molar-refractivity contribution in [1.29, 1.82) is 0 Å². The number of amides is 1. The van der Waals surface area contributed by atoms with Crippen LogP contribution >= 0.6 is 0 Å². The first-order valence-corrected chi connectivity index (χ1v) is 10.0. The van der Waals surface area contributed by atoms with Crippen LogP contribution in [0.15, 0.2) is 42.6 Å². The molecule has 28 heavy (non-hydrogen) atoms. The fraction of sp³-hybridized carbons (Fsp3) is 0.455. The van der Waals surface area contributed by atoms with Crippen LogP contribution in [0, 0.1) is 0 Å². The summed E-state index contributed by atoms with van der Waals surface area (Å²) < 4.78 is 0. The Balaban J connectivity index is 1.37. The molecule has 0 unspecified atom stereocenters. The molecule has 2 aliphatic heterocycles. The molecule has 2 aromatic rings. The average molecular weight is 380 g/mol. The third kappa shape index (κ3) is 3.75. The third-order valence-corrected chi connectivity index (χ3v) is 5.82. The number of benzene rings is 1. The molecule has 3 heterocycles. The molecular formula is C22H28N4O2. The lowest BCUT2D eigenvalue weighted by Gasteiger charge is -2.36. The van der Waals surface area contributed by atoms with Crippen LogP contribution < -0.4 is 9.80 Å². The maximum Gasteiger partial charge on any atom is 0.224 e. The number of carbonyl (C=O) groups excluding carboxylic acids is 1. The van der Waals surface area contributed by atoms with Gasteiger partial charge in [0.05, 0.1) is 6.10 Å². The van der Waals surface area contributed by atoms with Gasteiger partial charge in [0, 0.05) is 57.6 Å². The van der Waals surface area contributed by atoms with E-state index in [0.29, 0.717) is 6.54 Å². The molecule has 148 valence electrons. The summed E-state index contributed by atoms with van der Waals surface area (Å²) in [6, 6.07) is 12.2. The number of aliphatic hydroxyl groups excluding tert-OH is 1. The summed E-state index contributed by atoms with van der Waals surface area (Å²) in [4.78, 5) is 22.8. The molecule has 1 fully saturated rings. The highest BCUT2D eigenvalue weighted by Gasteiger charge is 2.29. The average Bonchev–Trinajstić information content (AvgIpc) is 3.04. The van der Waals surface area contributed by atoms with E-state index in [9.17, 15) is 9.90 Å². The van der Waals surface area contributed by atoms with E-state index in [1.165, 1.54) is 0 Å². The van der Waals surface area contributed by atoms with Crippen LogP contribution in [0.4, 0.5) is 11.5 Å². The van der Waals surface area contributed by atoms with Gasteiger partial charge in [0.1, 0.15) is 5.82 Å². The van der Waals surface area contributed by atoms with E-state index < -0.39 is 6.10 Å². The van der Waals surface area contributed by atoms with E-state index >= 15 is 0 Å². The first-order chi connectivity index (χ1) is 13.5. The highest BCUT2D eigenvalue weighted by Crippen LogP contribution is 2.34. The number of piperazine rings is 1. The number of hydrogen-bond acceptors (Lipinski definition) is 5. The first kappa shape index (κ1) is 18.9. The lowest BCUT2D eigenvalue weighted by atomic mass is 10.0. The van der Waals surface area contributed by atoms with Crippen molar-refractivity contribution in [2.75, 3.05) is 42.5 Å². The standard InChI is InChI=1S/C22H28N4O2/c1-16-13-19-14-18(6-7-20(19)26(16)17(2)27)21(28)15-24-9-11-25(12-10-24)22-5-3-4-8-23-22/h3-8,14,16,21,28H,9-13,15H2,1-2H3/t16-,21-/m0/s1. The van der Waals surface area contributed by atoms with Crippen molar-refractivity contribution in [3.63, 3.8) is 0 Å². The van der Waals surface area contributed by atoms with Crippen LogP contribution in [0.25, 0.3) is 0 Å². The van der Waals surface area contributed by atoms with E-state index in [4.69, 9.17) is 0 Å². The number of anilines is 2. The maximum atomic E-state index is 11.9. The number of aromatic nitrogens is 1. The second kappa shape index (κ2) is 7.89. The smallest absolute Gasteiger partial charge is 0.224 e. The summed E-state index contributed by atoms with van der Waals surface area (Å²) in [5.41, 5.74) is 3.07. The van der Waals surface area contributed by atoms with Crippen molar-refractivity contribution in [3.8, 4) is 0 Å². The summed E-state index contributed by atoms with van der Waals surface area (Å²) >= 11 is 0. The van der Waals surface area contributed by atoms with Gasteiger partial charge in [-0.1, -0.05) is 18.2 Å². The summed E-state index contributed by atoms with van der Waals surface area (Å²) in [6.45, 7) is 7.96. The summed E-state index contributed by atoms with van der Waals surface area (Å²) in [5.74, 6) is 1.09. The molecule has 1 aromatic heterocycles. The van der Waals surface area contributed by atoms with Crippen LogP contribution in [-0.2, 0) is 11.2 Å². The van der Waals surface area contributed by atoms with Gasteiger partial charge in [0.2, 0.25) is 5.91 Å². The Morgan fingerprint density at radius 3 is 2.68 bits per heavy atom. The minimum absolute atomic E-state index is 0.0744. The number of pyridine rings is 1. The Morgan fingerprint density at radius 1 is 1.21 bits per heavy atom. The molecule has 0 bridgehead atoms. The zero-order valence-electron chi connectivity index (χ0n) is 16.6. The lowest BCUT2D eigenvalue weighted by Crippen LogP contribution is -2.47. The van der Waals surface area contributed by atoms with Crippen LogP contribution in [-0.4, -0.2) is 59.7 Å². The summed E-state index contributed by atoms with van der Waals surface area (Å²) in [6.07, 6.45) is 2.15. The highest BCUT2D eigenvalue weighted by molar-refractivity contribution is 5.94. The summed E-state index contributed by atoms with van der Waals surface area (Å²) in [5, 5.41) is 10.8. The Kier molecular flexibility index (Phi) is 5.33. The van der Waals surface area contributed by atoms with Gasteiger partial charge in [-0.2, -0.15) is 0 Å². The largest absolute Gasteiger partial charge is 0.387 e. The molecule has 1 aromatic carbocycles. The van der Waals surface area contributed by atoms with E-state index in [0.717, 1.165) is 55.2 Å². The van der Waals surface area contributed by atoms with Gasteiger partial charge in [0.15, 0.2) is 0 Å². The Morgan fingerprint density at radius 2 is 2.00 bits per heavy atom. The molecule has 6 nitrogen and oxygen atoms in total. The van der Waals surface area contributed by atoms with Crippen LogP contribution in [0.5, 0.6) is 0 Å². The van der Waals surface area contributed by atoms with Crippen molar-refractivity contribution < 1.29 is 9.90 Å². The molecule has 0 radical (unpaired) electrons. The molecule has 0 aliphatic carbocycles. The van der Waals surface area contributed by atoms with Crippen molar-refractivity contribution in [1.82, 2.24) is 9.88 Å². The number of rotatable bonds is 4. The zero-order chi connectivity index (χ0) is 19.7. The van der Waals surface area contributed by atoms with Gasteiger partial charge >= 0.3 is 0 Å². The van der Waals surface area contributed by atoms with Gasteiger partial charge in [0.25, 0.3) is 0 Å². The molecule has 1 N–H and O–H groups in total. The minimum atomic E-state index is -0.520. The third-order valence-electron chi connectivity index (χ3n) is 5.82. The van der Waals surface area contributed by atoms with Gasteiger partial charge in [-0.05, 0) is 42.7 Å². The van der Waals surface area contributed by atoms with Crippen molar-refractivity contribution in [2.24, 2.45) is 0 Å². The predicted molar refractivity (Wildman–Crippen MR) is 111 cm³/mol. The monoisotopic (exact) mass is 380 g/mol. The minimum Gasteiger partial charge on any atom is -0.387 e. The number of fused-ring (bicyclic) bond motifs is 1. The molecule has 1 amide bonds. The highest BCUT2D eigenvalue weighted by atomic mass is 16.3. The second-order valence-corrected chi connectivity index (χ2v) is 7.82. The van der Waals surface area contributed by atoms with Crippen molar-refractivity contribution in [3.05, 3.63) is 53.7 Å². The van der Waals surface area contributed by atoms with E-state index in [-0.39, 0.29) is 11.9 Å². The molecule has 2 atom stereocenters. The molecule has 0 spiro atoms. The van der Waals surface area contributed by atoms with Crippen molar-refractivity contribution in [2.45, 2.75) is 32.4 Å². The quantitative estimate of drug-likeness (QED) is 0.882. The molecule has 0 saturated carbocycles.